The molecule has 0 aliphatic carbocycles. The second-order valence-corrected chi connectivity index (χ2v) is 5.70. The van der Waals surface area contributed by atoms with Crippen molar-refractivity contribution in [2.75, 3.05) is 26.7 Å². The van der Waals surface area contributed by atoms with Crippen molar-refractivity contribution >= 4 is 0 Å². The van der Waals surface area contributed by atoms with Crippen molar-refractivity contribution in [1.82, 2.24) is 9.80 Å². The fourth-order valence-corrected chi connectivity index (χ4v) is 3.02. The molecule has 1 heterocycles. The maximum atomic E-state index is 13.1. The van der Waals surface area contributed by atoms with E-state index in [9.17, 15) is 4.39 Å². The largest absolute Gasteiger partial charge is 0.326 e. The van der Waals surface area contributed by atoms with E-state index in [1.54, 1.807) is 0 Å². The molecule has 2 N–H and O–H groups in total. The Morgan fingerprint density at radius 2 is 1.89 bits per heavy atom. The summed E-state index contributed by atoms with van der Waals surface area (Å²) in [5.41, 5.74) is 7.29. The summed E-state index contributed by atoms with van der Waals surface area (Å²) in [6, 6.07) is 7.39. The number of likely N-dealkylation sites (N-methyl/N-ethyl adjacent to an activating group) is 1. The number of hydrogen-bond acceptors (Lipinski definition) is 3. The van der Waals surface area contributed by atoms with E-state index in [-0.39, 0.29) is 17.9 Å². The first-order chi connectivity index (χ1) is 8.99. The van der Waals surface area contributed by atoms with Gasteiger partial charge < -0.3 is 10.6 Å². The lowest BCUT2D eigenvalue weighted by Gasteiger charge is -2.44. The summed E-state index contributed by atoms with van der Waals surface area (Å²) in [5, 5.41) is 0. The average molecular weight is 265 g/mol. The molecule has 1 aliphatic rings. The van der Waals surface area contributed by atoms with Crippen LogP contribution in [0.4, 0.5) is 4.39 Å². The molecular weight excluding hydrogens is 241 g/mol. The van der Waals surface area contributed by atoms with Crippen LogP contribution in [0.15, 0.2) is 24.3 Å². The molecule has 3 atom stereocenters. The molecule has 1 aromatic carbocycles. The van der Waals surface area contributed by atoms with Crippen molar-refractivity contribution in [3.63, 3.8) is 0 Å². The number of benzene rings is 1. The molecule has 0 aromatic heterocycles. The Morgan fingerprint density at radius 3 is 2.42 bits per heavy atom. The predicted molar refractivity (Wildman–Crippen MR) is 76.5 cm³/mol. The van der Waals surface area contributed by atoms with Gasteiger partial charge in [0.2, 0.25) is 0 Å². The van der Waals surface area contributed by atoms with Crippen molar-refractivity contribution in [1.29, 1.82) is 0 Å². The minimum Gasteiger partial charge on any atom is -0.326 e. The Morgan fingerprint density at radius 1 is 1.26 bits per heavy atom. The summed E-state index contributed by atoms with van der Waals surface area (Å²) >= 11 is 0. The van der Waals surface area contributed by atoms with E-state index < -0.39 is 0 Å². The van der Waals surface area contributed by atoms with Crippen molar-refractivity contribution < 1.29 is 4.39 Å². The number of nitrogens with zero attached hydrogens (tertiary/aromatic N) is 2. The zero-order valence-electron chi connectivity index (χ0n) is 12.0. The molecule has 3 nitrogen and oxygen atoms in total. The summed E-state index contributed by atoms with van der Waals surface area (Å²) in [6.07, 6.45) is 0. The van der Waals surface area contributed by atoms with Crippen molar-refractivity contribution in [3.8, 4) is 0 Å². The molecule has 3 unspecified atom stereocenters. The van der Waals surface area contributed by atoms with Crippen LogP contribution in [0, 0.1) is 5.82 Å². The van der Waals surface area contributed by atoms with Gasteiger partial charge in [-0.2, -0.15) is 0 Å². The van der Waals surface area contributed by atoms with E-state index in [1.807, 2.05) is 19.1 Å². The highest BCUT2D eigenvalue weighted by Gasteiger charge is 2.31. The van der Waals surface area contributed by atoms with E-state index in [1.165, 1.54) is 12.1 Å². The van der Waals surface area contributed by atoms with Gasteiger partial charge in [-0.15, -0.1) is 0 Å². The fourth-order valence-electron chi connectivity index (χ4n) is 3.02. The van der Waals surface area contributed by atoms with Crippen molar-refractivity contribution in [3.05, 3.63) is 35.6 Å². The maximum Gasteiger partial charge on any atom is 0.123 e. The molecule has 1 aromatic rings. The maximum absolute atomic E-state index is 13.1. The van der Waals surface area contributed by atoms with Crippen LogP contribution < -0.4 is 5.73 Å². The average Bonchev–Trinajstić information content (AvgIpc) is 2.34. The van der Waals surface area contributed by atoms with Crippen molar-refractivity contribution in [2.45, 2.75) is 32.0 Å². The van der Waals surface area contributed by atoms with E-state index in [2.05, 4.69) is 23.8 Å². The molecule has 106 valence electrons. The number of rotatable bonds is 3. The molecule has 0 amide bonds. The molecule has 0 saturated carbocycles. The molecule has 2 rings (SSSR count). The minimum absolute atomic E-state index is 0.0244. The summed E-state index contributed by atoms with van der Waals surface area (Å²) < 4.78 is 13.1. The second-order valence-electron chi connectivity index (χ2n) is 5.70. The van der Waals surface area contributed by atoms with Crippen LogP contribution in [-0.2, 0) is 0 Å². The summed E-state index contributed by atoms with van der Waals surface area (Å²) in [5.74, 6) is -0.196. The SMILES string of the molecule is CC(N)C(c1ccc(F)cc1)N1CCN(C)CC1C. The van der Waals surface area contributed by atoms with Crippen LogP contribution in [0.1, 0.15) is 25.5 Å². The molecule has 1 aliphatic heterocycles. The zero-order chi connectivity index (χ0) is 14.0. The Hall–Kier alpha value is -0.970. The topological polar surface area (TPSA) is 32.5 Å². The molecular formula is C15H24FN3. The third-order valence-electron chi connectivity index (χ3n) is 3.95. The van der Waals surface area contributed by atoms with Gasteiger partial charge in [0.25, 0.3) is 0 Å². The molecule has 19 heavy (non-hydrogen) atoms. The summed E-state index contributed by atoms with van der Waals surface area (Å²) in [6.45, 7) is 7.36. The van der Waals surface area contributed by atoms with Gasteiger partial charge in [-0.3, -0.25) is 4.90 Å². The monoisotopic (exact) mass is 265 g/mol. The highest BCUT2D eigenvalue weighted by molar-refractivity contribution is 5.22. The van der Waals surface area contributed by atoms with Crippen LogP contribution >= 0.6 is 0 Å². The second kappa shape index (κ2) is 5.99. The third kappa shape index (κ3) is 3.32. The van der Waals surface area contributed by atoms with Gasteiger partial charge in [0.05, 0.1) is 0 Å². The lowest BCUT2D eigenvalue weighted by atomic mass is 9.96. The van der Waals surface area contributed by atoms with E-state index >= 15 is 0 Å². The first kappa shape index (κ1) is 14.4. The lowest BCUT2D eigenvalue weighted by molar-refractivity contribution is 0.0521. The molecule has 0 bridgehead atoms. The van der Waals surface area contributed by atoms with Crippen LogP contribution in [0.5, 0.6) is 0 Å². The van der Waals surface area contributed by atoms with Gasteiger partial charge in [0.1, 0.15) is 5.82 Å². The van der Waals surface area contributed by atoms with Gasteiger partial charge in [-0.05, 0) is 38.6 Å². The van der Waals surface area contributed by atoms with Crippen molar-refractivity contribution in [2.24, 2.45) is 5.73 Å². The zero-order valence-corrected chi connectivity index (χ0v) is 12.0. The smallest absolute Gasteiger partial charge is 0.123 e. The molecule has 0 spiro atoms. The Bertz CT molecular complexity index is 404. The van der Waals surface area contributed by atoms with Crippen LogP contribution in [-0.4, -0.2) is 48.6 Å². The van der Waals surface area contributed by atoms with E-state index in [0.29, 0.717) is 6.04 Å². The summed E-state index contributed by atoms with van der Waals surface area (Å²) in [7, 11) is 2.15. The number of hydrogen-bond donors (Lipinski definition) is 1. The van der Waals surface area contributed by atoms with Gasteiger partial charge in [0, 0.05) is 37.8 Å². The Kier molecular flexibility index (Phi) is 4.55. The number of piperazine rings is 1. The minimum atomic E-state index is -0.196. The van der Waals surface area contributed by atoms with Crippen LogP contribution in [0.25, 0.3) is 0 Å². The first-order valence-corrected chi connectivity index (χ1v) is 6.94. The first-order valence-electron chi connectivity index (χ1n) is 6.94. The normalized spacial score (nSPS) is 25.2. The lowest BCUT2D eigenvalue weighted by Crippen LogP contribution is -2.54. The molecule has 0 radical (unpaired) electrons. The molecule has 1 saturated heterocycles. The standard InChI is InChI=1S/C15H24FN3/c1-11-10-18(3)8-9-19(11)15(12(2)17)13-4-6-14(16)7-5-13/h4-7,11-12,15H,8-10,17H2,1-3H3. The highest BCUT2D eigenvalue weighted by Crippen LogP contribution is 2.27. The highest BCUT2D eigenvalue weighted by atomic mass is 19.1. The van der Waals surface area contributed by atoms with Gasteiger partial charge in [-0.1, -0.05) is 12.1 Å². The summed E-state index contributed by atoms with van der Waals surface area (Å²) in [4.78, 5) is 4.78. The van der Waals surface area contributed by atoms with Crippen LogP contribution in [0.2, 0.25) is 0 Å². The Balaban J connectivity index is 2.22. The molecule has 4 heteroatoms. The number of nitrogens with two attached hydrogens (primary N) is 1. The quantitative estimate of drug-likeness (QED) is 0.905. The van der Waals surface area contributed by atoms with Gasteiger partial charge >= 0.3 is 0 Å². The predicted octanol–water partition coefficient (Wildman–Crippen LogP) is 1.85. The van der Waals surface area contributed by atoms with E-state index in [4.69, 9.17) is 5.73 Å². The molecule has 1 fully saturated rings. The van der Waals surface area contributed by atoms with Crippen LogP contribution in [0.3, 0.4) is 0 Å². The fraction of sp³-hybridized carbons (Fsp3) is 0.600. The third-order valence-corrected chi connectivity index (χ3v) is 3.95. The Labute approximate surface area is 115 Å². The van der Waals surface area contributed by atoms with E-state index in [0.717, 1.165) is 25.2 Å². The number of halogens is 1. The van der Waals surface area contributed by atoms with Gasteiger partial charge in [-0.25, -0.2) is 4.39 Å². The van der Waals surface area contributed by atoms with Gasteiger partial charge in [0.15, 0.2) is 0 Å².